The summed E-state index contributed by atoms with van der Waals surface area (Å²) in [6.07, 6.45) is 1.33. The lowest BCUT2D eigenvalue weighted by molar-refractivity contribution is -0.0410. The lowest BCUT2D eigenvalue weighted by atomic mass is 10.1. The third-order valence-corrected chi connectivity index (χ3v) is 6.56. The number of nitrogens with zero attached hydrogens (tertiary/aromatic N) is 6. The molecule has 6 rings (SSSR count). The Kier molecular flexibility index (Phi) is 5.61. The number of pyridine rings is 1. The van der Waals surface area contributed by atoms with Crippen LogP contribution in [0.4, 0.5) is 16.0 Å². The lowest BCUT2D eigenvalue weighted by Crippen LogP contribution is -2.32. The van der Waals surface area contributed by atoms with Gasteiger partial charge in [0.15, 0.2) is 12.4 Å². The smallest absolute Gasteiger partial charge is 0.173 e. The van der Waals surface area contributed by atoms with Crippen LogP contribution in [0.25, 0.3) is 33.1 Å². The number of aryl methyl sites for hydroxylation is 1. The van der Waals surface area contributed by atoms with Crippen LogP contribution in [0.2, 0.25) is 0 Å². The number of aliphatic hydroxyl groups is 1. The van der Waals surface area contributed by atoms with Crippen LogP contribution in [0.5, 0.6) is 5.75 Å². The van der Waals surface area contributed by atoms with Crippen LogP contribution in [-0.2, 0) is 11.8 Å². The average Bonchev–Trinajstić information content (AvgIpc) is 3.59. The first-order chi connectivity index (χ1) is 17.9. The predicted molar refractivity (Wildman–Crippen MR) is 136 cm³/mol. The quantitative estimate of drug-likeness (QED) is 0.319. The predicted octanol–water partition coefficient (Wildman–Crippen LogP) is 2.68. The van der Waals surface area contributed by atoms with E-state index in [2.05, 4.69) is 25.4 Å². The molecule has 37 heavy (non-hydrogen) atoms. The Morgan fingerprint density at radius 3 is 2.84 bits per heavy atom. The van der Waals surface area contributed by atoms with Gasteiger partial charge in [-0.25, -0.2) is 19.3 Å². The molecule has 5 aromatic rings. The summed E-state index contributed by atoms with van der Waals surface area (Å²) in [4.78, 5) is 12.9. The van der Waals surface area contributed by atoms with E-state index in [1.165, 1.54) is 6.33 Å². The van der Waals surface area contributed by atoms with Gasteiger partial charge in [-0.05, 0) is 24.3 Å². The number of benzene rings is 1. The highest BCUT2D eigenvalue weighted by Crippen LogP contribution is 2.39. The summed E-state index contributed by atoms with van der Waals surface area (Å²) in [5.74, 6) is 1.52. The van der Waals surface area contributed by atoms with Crippen LogP contribution in [0.15, 0.2) is 55.2 Å². The van der Waals surface area contributed by atoms with Crippen molar-refractivity contribution < 1.29 is 19.0 Å². The van der Waals surface area contributed by atoms with Gasteiger partial charge in [-0.15, -0.1) is 0 Å². The van der Waals surface area contributed by atoms with Gasteiger partial charge in [0.1, 0.15) is 48.2 Å². The number of anilines is 2. The summed E-state index contributed by atoms with van der Waals surface area (Å²) in [7, 11) is 3.59. The van der Waals surface area contributed by atoms with Crippen molar-refractivity contribution in [2.75, 3.05) is 24.7 Å². The normalized spacial score (nSPS) is 21.6. The Labute approximate surface area is 210 Å². The fourth-order valence-electron chi connectivity index (χ4n) is 4.65. The summed E-state index contributed by atoms with van der Waals surface area (Å²) in [5, 5.41) is 19.4. The SMILES string of the molecule is CNc1ccc2ccc(OC[C@H]3O[C@@H](n4cc(-c5cnn(C)c5)c5c(N)ncnc54)[C@@H](F)[C@@H]3O)cc2n1. The molecule has 1 fully saturated rings. The van der Waals surface area contributed by atoms with E-state index in [4.69, 9.17) is 15.2 Å². The number of aliphatic hydroxyl groups excluding tert-OH is 1. The molecule has 0 aliphatic carbocycles. The number of halogens is 1. The maximum Gasteiger partial charge on any atom is 0.173 e. The summed E-state index contributed by atoms with van der Waals surface area (Å²) in [5.41, 5.74) is 8.77. The first-order valence-electron chi connectivity index (χ1n) is 11.7. The molecule has 1 aliphatic rings. The summed E-state index contributed by atoms with van der Waals surface area (Å²) in [6.45, 7) is -0.0545. The summed E-state index contributed by atoms with van der Waals surface area (Å²) >= 11 is 0. The van der Waals surface area contributed by atoms with Gasteiger partial charge in [-0.1, -0.05) is 0 Å². The molecule has 190 valence electrons. The Hall–Kier alpha value is -4.29. The molecular weight excluding hydrogens is 479 g/mol. The Balaban J connectivity index is 1.27. The molecule has 11 nitrogen and oxygen atoms in total. The number of nitrogens with two attached hydrogens (primary N) is 1. The van der Waals surface area contributed by atoms with Crippen LogP contribution < -0.4 is 15.8 Å². The molecule has 0 amide bonds. The third kappa shape index (κ3) is 3.99. The fraction of sp³-hybridized carbons (Fsp3) is 0.280. The van der Waals surface area contributed by atoms with E-state index < -0.39 is 24.6 Å². The van der Waals surface area contributed by atoms with E-state index in [0.29, 0.717) is 22.3 Å². The molecule has 0 spiro atoms. The van der Waals surface area contributed by atoms with Gasteiger partial charge in [0.25, 0.3) is 0 Å². The van der Waals surface area contributed by atoms with E-state index in [9.17, 15) is 5.11 Å². The van der Waals surface area contributed by atoms with Gasteiger partial charge in [0, 0.05) is 49.1 Å². The number of nitrogen functional groups attached to an aromatic ring is 1. The summed E-state index contributed by atoms with van der Waals surface area (Å²) < 4.78 is 30.5. The van der Waals surface area contributed by atoms with Crippen LogP contribution in [-0.4, -0.2) is 66.4 Å². The largest absolute Gasteiger partial charge is 0.491 e. The fourth-order valence-corrected chi connectivity index (χ4v) is 4.65. The molecule has 0 radical (unpaired) electrons. The van der Waals surface area contributed by atoms with Crippen molar-refractivity contribution in [1.82, 2.24) is 29.3 Å². The molecule has 1 aliphatic heterocycles. The number of ether oxygens (including phenoxy) is 2. The third-order valence-electron chi connectivity index (χ3n) is 6.56. The standard InChI is InChI=1S/C25H25FN8O3/c1-28-19-6-4-13-3-5-15(7-17(13)32-19)36-11-18-22(35)21(26)25(37-18)34-10-16(14-8-31-33(2)9-14)20-23(27)29-12-30-24(20)34/h3-10,12,18,21-22,25,35H,11H2,1-2H3,(H,28,32)(H2,27,29,30)/t18-,21+,22-,25-/m1/s1. The minimum Gasteiger partial charge on any atom is -0.491 e. The number of hydrogen-bond donors (Lipinski definition) is 3. The number of fused-ring (bicyclic) bond motifs is 2. The highest BCUT2D eigenvalue weighted by molar-refractivity contribution is 6.00. The number of alkyl halides is 1. The first-order valence-corrected chi connectivity index (χ1v) is 11.7. The maximum atomic E-state index is 15.4. The lowest BCUT2D eigenvalue weighted by Gasteiger charge is -2.17. The molecule has 5 heterocycles. The number of rotatable bonds is 6. The topological polar surface area (TPSA) is 138 Å². The molecule has 0 saturated carbocycles. The van der Waals surface area contributed by atoms with Crippen molar-refractivity contribution >= 4 is 33.6 Å². The zero-order valence-electron chi connectivity index (χ0n) is 20.1. The van der Waals surface area contributed by atoms with Crippen LogP contribution in [0, 0.1) is 0 Å². The van der Waals surface area contributed by atoms with Gasteiger partial charge in [0.05, 0.1) is 17.1 Å². The van der Waals surface area contributed by atoms with Crippen molar-refractivity contribution in [2.24, 2.45) is 7.05 Å². The molecule has 4 aromatic heterocycles. The molecule has 0 bridgehead atoms. The van der Waals surface area contributed by atoms with Crippen molar-refractivity contribution in [3.63, 3.8) is 0 Å². The van der Waals surface area contributed by atoms with Crippen molar-refractivity contribution in [3.8, 4) is 16.9 Å². The van der Waals surface area contributed by atoms with E-state index in [-0.39, 0.29) is 12.4 Å². The Morgan fingerprint density at radius 1 is 1.22 bits per heavy atom. The molecule has 4 N–H and O–H groups in total. The van der Waals surface area contributed by atoms with Crippen molar-refractivity contribution in [3.05, 3.63) is 55.2 Å². The van der Waals surface area contributed by atoms with Crippen molar-refractivity contribution in [1.29, 1.82) is 0 Å². The second-order valence-corrected chi connectivity index (χ2v) is 8.92. The van der Waals surface area contributed by atoms with Crippen LogP contribution >= 0.6 is 0 Å². The highest BCUT2D eigenvalue weighted by Gasteiger charge is 2.46. The maximum absolute atomic E-state index is 15.4. The van der Waals surface area contributed by atoms with Crippen LogP contribution in [0.3, 0.4) is 0 Å². The molecular formula is C25H25FN8O3. The average molecular weight is 505 g/mol. The van der Waals surface area contributed by atoms with Gasteiger partial charge >= 0.3 is 0 Å². The monoisotopic (exact) mass is 504 g/mol. The molecule has 0 unspecified atom stereocenters. The van der Waals surface area contributed by atoms with Gasteiger partial charge in [-0.2, -0.15) is 5.10 Å². The highest BCUT2D eigenvalue weighted by atomic mass is 19.1. The van der Waals surface area contributed by atoms with E-state index >= 15 is 4.39 Å². The number of aromatic nitrogens is 6. The van der Waals surface area contributed by atoms with E-state index in [1.807, 2.05) is 24.4 Å². The zero-order valence-corrected chi connectivity index (χ0v) is 20.1. The molecule has 12 heteroatoms. The Morgan fingerprint density at radius 2 is 2.05 bits per heavy atom. The minimum absolute atomic E-state index is 0.0545. The Bertz CT molecular complexity index is 1600. The van der Waals surface area contributed by atoms with Gasteiger partial charge in [-0.3, -0.25) is 4.68 Å². The van der Waals surface area contributed by atoms with Gasteiger partial charge < -0.3 is 30.2 Å². The second kappa shape index (κ2) is 8.98. The molecule has 1 aromatic carbocycles. The summed E-state index contributed by atoms with van der Waals surface area (Å²) in [6, 6.07) is 9.32. The number of nitrogens with one attached hydrogen (secondary N) is 1. The first kappa shape index (κ1) is 23.1. The zero-order chi connectivity index (χ0) is 25.7. The molecule has 4 atom stereocenters. The van der Waals surface area contributed by atoms with E-state index in [0.717, 1.165) is 22.3 Å². The minimum atomic E-state index is -1.72. The van der Waals surface area contributed by atoms with Gasteiger partial charge in [0.2, 0.25) is 0 Å². The van der Waals surface area contributed by atoms with Crippen LogP contribution in [0.1, 0.15) is 6.23 Å². The molecule has 1 saturated heterocycles. The second-order valence-electron chi connectivity index (χ2n) is 8.92. The van der Waals surface area contributed by atoms with Crippen molar-refractivity contribution in [2.45, 2.75) is 24.6 Å². The number of hydrogen-bond acceptors (Lipinski definition) is 9. The van der Waals surface area contributed by atoms with E-state index in [1.54, 1.807) is 47.9 Å².